The fraction of sp³-hybridized carbons (Fsp3) is 0.500. The summed E-state index contributed by atoms with van der Waals surface area (Å²) in [5, 5.41) is 12.8. The molecule has 0 radical (unpaired) electrons. The summed E-state index contributed by atoms with van der Waals surface area (Å²) >= 11 is 0. The second-order valence-corrected chi connectivity index (χ2v) is 5.13. The first-order valence-corrected chi connectivity index (χ1v) is 6.66. The zero-order valence-corrected chi connectivity index (χ0v) is 12.3. The lowest BCUT2D eigenvalue weighted by Crippen LogP contribution is -2.18. The van der Waals surface area contributed by atoms with Crippen LogP contribution in [0.1, 0.15) is 32.6 Å². The Bertz CT molecular complexity index is 649. The maximum atomic E-state index is 8.90. The lowest BCUT2D eigenvalue weighted by Gasteiger charge is -2.22. The summed E-state index contributed by atoms with van der Waals surface area (Å²) in [7, 11) is 1.53. The van der Waals surface area contributed by atoms with E-state index in [4.69, 9.17) is 14.5 Å². The number of aromatic nitrogens is 4. The Morgan fingerprint density at radius 2 is 2.24 bits per heavy atom. The van der Waals surface area contributed by atoms with Gasteiger partial charge >= 0.3 is 0 Å². The van der Waals surface area contributed by atoms with Gasteiger partial charge in [0, 0.05) is 18.9 Å². The molecule has 7 heteroatoms. The fourth-order valence-corrected chi connectivity index (χ4v) is 1.87. The van der Waals surface area contributed by atoms with Crippen LogP contribution in [-0.2, 0) is 6.42 Å². The maximum absolute atomic E-state index is 8.90. The molecule has 0 saturated carbocycles. The molecule has 0 amide bonds. The number of nitriles is 1. The molecule has 0 spiro atoms. The van der Waals surface area contributed by atoms with Crippen molar-refractivity contribution in [2.45, 2.75) is 33.1 Å². The third-order valence-corrected chi connectivity index (χ3v) is 3.49. The molecule has 1 unspecified atom stereocenters. The van der Waals surface area contributed by atoms with Crippen LogP contribution in [0.15, 0.2) is 16.9 Å². The van der Waals surface area contributed by atoms with Gasteiger partial charge in [0.15, 0.2) is 0 Å². The van der Waals surface area contributed by atoms with Gasteiger partial charge < -0.3 is 9.26 Å². The van der Waals surface area contributed by atoms with Gasteiger partial charge in [-0.1, -0.05) is 19.0 Å². The number of nitrogens with zero attached hydrogens (tertiary/aromatic N) is 5. The van der Waals surface area contributed by atoms with Gasteiger partial charge in [0.05, 0.1) is 13.2 Å². The largest absolute Gasteiger partial charge is 0.481 e. The monoisotopic (exact) mass is 287 g/mol. The lowest BCUT2D eigenvalue weighted by atomic mass is 9.81. The van der Waals surface area contributed by atoms with Gasteiger partial charge in [-0.25, -0.2) is 9.97 Å². The molecule has 0 fully saturated rings. The molecule has 2 aromatic rings. The molecule has 1 atom stereocenters. The molecule has 0 N–H and O–H groups in total. The van der Waals surface area contributed by atoms with Crippen LogP contribution >= 0.6 is 0 Å². The molecule has 21 heavy (non-hydrogen) atoms. The fourth-order valence-electron chi connectivity index (χ4n) is 1.87. The van der Waals surface area contributed by atoms with E-state index in [0.29, 0.717) is 36.1 Å². The van der Waals surface area contributed by atoms with Crippen molar-refractivity contribution >= 4 is 0 Å². The highest BCUT2D eigenvalue weighted by molar-refractivity contribution is 5.49. The molecule has 2 rings (SSSR count). The highest BCUT2D eigenvalue weighted by Gasteiger charge is 2.26. The summed E-state index contributed by atoms with van der Waals surface area (Å²) in [5.74, 6) is 1.33. The van der Waals surface area contributed by atoms with E-state index >= 15 is 0 Å². The standard InChI is InChI=1S/C14H17N5O2/c1-4-14(2,5-6-15)8-12-18-13(19-21-12)10-7-11(20-3)17-9-16-10/h7,9H,4-5,8H2,1-3H3. The summed E-state index contributed by atoms with van der Waals surface area (Å²) in [5.41, 5.74) is 0.373. The number of ether oxygens (including phenoxy) is 1. The highest BCUT2D eigenvalue weighted by atomic mass is 16.5. The molecule has 0 saturated heterocycles. The van der Waals surface area contributed by atoms with Gasteiger partial charge in [-0.3, -0.25) is 0 Å². The van der Waals surface area contributed by atoms with E-state index < -0.39 is 0 Å². The van der Waals surface area contributed by atoms with Crippen LogP contribution in [0.4, 0.5) is 0 Å². The van der Waals surface area contributed by atoms with Crippen LogP contribution in [0.2, 0.25) is 0 Å². The minimum absolute atomic E-state index is 0.165. The van der Waals surface area contributed by atoms with Gasteiger partial charge in [-0.15, -0.1) is 0 Å². The molecule has 0 aliphatic heterocycles. The molecule has 0 aliphatic carbocycles. The zero-order valence-electron chi connectivity index (χ0n) is 12.3. The first-order chi connectivity index (χ1) is 10.1. The topological polar surface area (TPSA) is 97.7 Å². The smallest absolute Gasteiger partial charge is 0.227 e. The summed E-state index contributed by atoms with van der Waals surface area (Å²) in [6.07, 6.45) is 3.25. The summed E-state index contributed by atoms with van der Waals surface area (Å²) in [6, 6.07) is 3.85. The van der Waals surface area contributed by atoms with E-state index in [-0.39, 0.29) is 5.41 Å². The van der Waals surface area contributed by atoms with Gasteiger partial charge in [0.25, 0.3) is 0 Å². The van der Waals surface area contributed by atoms with Crippen molar-refractivity contribution in [3.8, 4) is 23.5 Å². The Kier molecular flexibility index (Phi) is 4.48. The van der Waals surface area contributed by atoms with E-state index in [1.54, 1.807) is 6.07 Å². The summed E-state index contributed by atoms with van der Waals surface area (Å²) < 4.78 is 10.3. The van der Waals surface area contributed by atoms with Crippen LogP contribution in [0.25, 0.3) is 11.5 Å². The Morgan fingerprint density at radius 3 is 2.90 bits per heavy atom. The minimum atomic E-state index is -0.165. The van der Waals surface area contributed by atoms with E-state index in [1.165, 1.54) is 13.4 Å². The number of methoxy groups -OCH3 is 1. The second kappa shape index (κ2) is 6.31. The Balaban J connectivity index is 2.20. The average molecular weight is 287 g/mol. The molecule has 7 nitrogen and oxygen atoms in total. The van der Waals surface area contributed by atoms with Gasteiger partial charge in [0.1, 0.15) is 12.0 Å². The SMILES string of the molecule is CCC(C)(CC#N)Cc1nc(-c2cc(OC)ncn2)no1. The van der Waals surface area contributed by atoms with Crippen molar-refractivity contribution in [2.75, 3.05) is 7.11 Å². The van der Waals surface area contributed by atoms with E-state index in [9.17, 15) is 0 Å². The van der Waals surface area contributed by atoms with Crippen molar-refractivity contribution in [3.63, 3.8) is 0 Å². The zero-order chi connectivity index (χ0) is 15.3. The Hall–Kier alpha value is -2.49. The quantitative estimate of drug-likeness (QED) is 0.804. The van der Waals surface area contributed by atoms with Crippen molar-refractivity contribution in [1.29, 1.82) is 5.26 Å². The highest BCUT2D eigenvalue weighted by Crippen LogP contribution is 2.30. The first-order valence-electron chi connectivity index (χ1n) is 6.66. The van der Waals surface area contributed by atoms with Crippen LogP contribution in [0.3, 0.4) is 0 Å². The molecule has 110 valence electrons. The lowest BCUT2D eigenvalue weighted by molar-refractivity contribution is 0.266. The molecule has 0 aliphatic rings. The minimum Gasteiger partial charge on any atom is -0.481 e. The molecule has 2 aromatic heterocycles. The predicted octanol–water partition coefficient (Wildman–Crippen LogP) is 2.41. The van der Waals surface area contributed by atoms with Crippen molar-refractivity contribution in [1.82, 2.24) is 20.1 Å². The second-order valence-electron chi connectivity index (χ2n) is 5.13. The average Bonchev–Trinajstić information content (AvgIpc) is 2.96. The molecule has 2 heterocycles. The first kappa shape index (κ1) is 14.9. The third-order valence-electron chi connectivity index (χ3n) is 3.49. The van der Waals surface area contributed by atoms with Gasteiger partial charge in [0.2, 0.25) is 17.6 Å². The predicted molar refractivity (Wildman–Crippen MR) is 74.2 cm³/mol. The maximum Gasteiger partial charge on any atom is 0.227 e. The van der Waals surface area contributed by atoms with Crippen LogP contribution in [0, 0.1) is 16.7 Å². The third kappa shape index (κ3) is 3.54. The van der Waals surface area contributed by atoms with Crippen molar-refractivity contribution in [2.24, 2.45) is 5.41 Å². The van der Waals surface area contributed by atoms with Gasteiger partial charge in [-0.2, -0.15) is 10.2 Å². The molecular formula is C14H17N5O2. The Labute approximate surface area is 123 Å². The summed E-state index contributed by atoms with van der Waals surface area (Å²) in [6.45, 7) is 4.08. The normalized spacial score (nSPS) is 13.4. The molecule has 0 bridgehead atoms. The molecule has 0 aromatic carbocycles. The summed E-state index contributed by atoms with van der Waals surface area (Å²) in [4.78, 5) is 12.4. The number of hydrogen-bond donors (Lipinski definition) is 0. The van der Waals surface area contributed by atoms with E-state index in [2.05, 4.69) is 26.2 Å². The van der Waals surface area contributed by atoms with Crippen LogP contribution in [-0.4, -0.2) is 27.2 Å². The Morgan fingerprint density at radius 1 is 1.43 bits per heavy atom. The van der Waals surface area contributed by atoms with Crippen molar-refractivity contribution in [3.05, 3.63) is 18.3 Å². The van der Waals surface area contributed by atoms with E-state index in [1.807, 2.05) is 13.8 Å². The van der Waals surface area contributed by atoms with Crippen molar-refractivity contribution < 1.29 is 9.26 Å². The number of hydrogen-bond acceptors (Lipinski definition) is 7. The van der Waals surface area contributed by atoms with Crippen LogP contribution < -0.4 is 4.74 Å². The molecular weight excluding hydrogens is 270 g/mol. The van der Waals surface area contributed by atoms with Crippen LogP contribution in [0.5, 0.6) is 5.88 Å². The van der Waals surface area contributed by atoms with Gasteiger partial charge in [-0.05, 0) is 11.8 Å². The number of rotatable bonds is 6. The van der Waals surface area contributed by atoms with E-state index in [0.717, 1.165) is 6.42 Å².